The molecule has 0 spiro atoms. The van der Waals surface area contributed by atoms with Gasteiger partial charge in [-0.3, -0.25) is 9.59 Å². The number of likely N-dealkylation sites (tertiary alicyclic amines) is 2. The molecule has 0 bridgehead atoms. The lowest BCUT2D eigenvalue weighted by atomic mass is 10.0. The van der Waals surface area contributed by atoms with Gasteiger partial charge < -0.3 is 15.1 Å². The van der Waals surface area contributed by atoms with Gasteiger partial charge in [-0.1, -0.05) is 36.4 Å². The highest BCUT2D eigenvalue weighted by Crippen LogP contribution is 2.26. The number of nitrogens with zero attached hydrogens (tertiary/aromatic N) is 2. The van der Waals surface area contributed by atoms with Gasteiger partial charge in [0.15, 0.2) is 0 Å². The number of carbonyl (C=O) groups excluding carboxylic acids is 2. The molecule has 4 rings (SSSR count). The van der Waals surface area contributed by atoms with E-state index in [-0.39, 0.29) is 11.9 Å². The zero-order valence-electron chi connectivity index (χ0n) is 16.8. The minimum Gasteiger partial charge on any atom is -0.344 e. The molecule has 0 radical (unpaired) electrons. The van der Waals surface area contributed by atoms with Crippen LogP contribution in [0.15, 0.2) is 47.8 Å². The fraction of sp³-hybridized carbons (Fsp3) is 0.478. The summed E-state index contributed by atoms with van der Waals surface area (Å²) in [7, 11) is 0. The summed E-state index contributed by atoms with van der Waals surface area (Å²) < 4.78 is 0. The Morgan fingerprint density at radius 3 is 2.55 bits per heavy atom. The predicted molar refractivity (Wildman–Crippen MR) is 116 cm³/mol. The molecule has 1 N–H and O–H groups in total. The molecule has 1 unspecified atom stereocenters. The van der Waals surface area contributed by atoms with Crippen LogP contribution in [0.3, 0.4) is 0 Å². The molecule has 6 heteroatoms. The Balaban J connectivity index is 1.27. The second kappa shape index (κ2) is 9.55. The molecule has 2 amide bonds. The van der Waals surface area contributed by atoms with Gasteiger partial charge in [-0.2, -0.15) is 0 Å². The Morgan fingerprint density at radius 2 is 1.90 bits per heavy atom. The third-order valence-electron chi connectivity index (χ3n) is 6.03. The maximum atomic E-state index is 12.7. The normalized spacial score (nSPS) is 19.4. The lowest BCUT2D eigenvalue weighted by molar-refractivity contribution is -0.130. The molecular formula is C23H29N3O2S. The summed E-state index contributed by atoms with van der Waals surface area (Å²) >= 11 is 1.67. The van der Waals surface area contributed by atoms with E-state index in [1.165, 1.54) is 0 Å². The van der Waals surface area contributed by atoms with Crippen LogP contribution in [0.1, 0.15) is 48.6 Å². The van der Waals surface area contributed by atoms with Crippen LogP contribution < -0.4 is 5.32 Å². The fourth-order valence-electron chi connectivity index (χ4n) is 4.42. The van der Waals surface area contributed by atoms with Crippen LogP contribution in [-0.4, -0.2) is 53.8 Å². The zero-order chi connectivity index (χ0) is 20.1. The SMILES string of the molecule is O=C(CCN1CCC(N2CCCC2=O)CC1)NC(c1ccccc1)c1cccs1. The second-order valence-corrected chi connectivity index (χ2v) is 8.92. The Morgan fingerprint density at radius 1 is 1.10 bits per heavy atom. The van der Waals surface area contributed by atoms with Crippen LogP contribution in [0.4, 0.5) is 0 Å². The summed E-state index contributed by atoms with van der Waals surface area (Å²) in [6, 6.07) is 14.6. The van der Waals surface area contributed by atoms with Crippen molar-refractivity contribution in [2.24, 2.45) is 0 Å². The number of piperidine rings is 1. The molecular weight excluding hydrogens is 382 g/mol. The van der Waals surface area contributed by atoms with Crippen molar-refractivity contribution in [1.82, 2.24) is 15.1 Å². The first kappa shape index (κ1) is 20.1. The van der Waals surface area contributed by atoms with Gasteiger partial charge in [-0.05, 0) is 36.3 Å². The van der Waals surface area contributed by atoms with E-state index < -0.39 is 0 Å². The van der Waals surface area contributed by atoms with Gasteiger partial charge in [0.25, 0.3) is 0 Å². The predicted octanol–water partition coefficient (Wildman–Crippen LogP) is 3.43. The van der Waals surface area contributed by atoms with Crippen LogP contribution in [0.25, 0.3) is 0 Å². The first-order valence-electron chi connectivity index (χ1n) is 10.6. The van der Waals surface area contributed by atoms with Crippen LogP contribution in [-0.2, 0) is 9.59 Å². The summed E-state index contributed by atoms with van der Waals surface area (Å²) in [4.78, 5) is 30.2. The first-order valence-corrected chi connectivity index (χ1v) is 11.5. The number of rotatable bonds is 7. The third kappa shape index (κ3) is 5.06. The van der Waals surface area contributed by atoms with Gasteiger partial charge in [-0.25, -0.2) is 0 Å². The number of carbonyl (C=O) groups is 2. The van der Waals surface area contributed by atoms with Gasteiger partial charge in [0, 0.05) is 49.9 Å². The Bertz CT molecular complexity index is 801. The third-order valence-corrected chi connectivity index (χ3v) is 6.97. The summed E-state index contributed by atoms with van der Waals surface area (Å²) in [5, 5.41) is 5.27. The van der Waals surface area contributed by atoms with Gasteiger partial charge in [0.1, 0.15) is 0 Å². The zero-order valence-corrected chi connectivity index (χ0v) is 17.6. The quantitative estimate of drug-likeness (QED) is 0.759. The molecule has 1 aromatic heterocycles. The summed E-state index contributed by atoms with van der Waals surface area (Å²) in [5.74, 6) is 0.410. The standard InChI is InChI=1S/C23H29N3O2S/c27-21(24-23(20-8-5-17-29-20)18-6-2-1-3-7-18)12-16-25-14-10-19(11-15-25)26-13-4-9-22(26)28/h1-3,5-8,17,19,23H,4,9-16H2,(H,24,27). The molecule has 154 valence electrons. The van der Waals surface area contributed by atoms with Crippen molar-refractivity contribution in [2.75, 3.05) is 26.2 Å². The molecule has 5 nitrogen and oxygen atoms in total. The lowest BCUT2D eigenvalue weighted by Gasteiger charge is -2.36. The highest BCUT2D eigenvalue weighted by atomic mass is 32.1. The molecule has 2 aliphatic rings. The molecule has 2 aromatic rings. The largest absolute Gasteiger partial charge is 0.344 e. The Kier molecular flexibility index (Phi) is 6.62. The van der Waals surface area contributed by atoms with Crippen LogP contribution in [0, 0.1) is 0 Å². The van der Waals surface area contributed by atoms with Crippen molar-refractivity contribution in [3.63, 3.8) is 0 Å². The number of thiophene rings is 1. The molecule has 2 fully saturated rings. The molecule has 1 aromatic carbocycles. The van der Waals surface area contributed by atoms with Crippen molar-refractivity contribution in [2.45, 2.75) is 44.2 Å². The van der Waals surface area contributed by atoms with Crippen LogP contribution >= 0.6 is 11.3 Å². The molecule has 2 aliphatic heterocycles. The maximum absolute atomic E-state index is 12.7. The van der Waals surface area contributed by atoms with Gasteiger partial charge in [0.05, 0.1) is 6.04 Å². The minimum absolute atomic E-state index is 0.0871. The number of benzene rings is 1. The van der Waals surface area contributed by atoms with Gasteiger partial charge in [0.2, 0.25) is 11.8 Å². The first-order chi connectivity index (χ1) is 14.2. The maximum Gasteiger partial charge on any atom is 0.222 e. The van der Waals surface area contributed by atoms with Crippen molar-refractivity contribution in [3.8, 4) is 0 Å². The summed E-state index contributed by atoms with van der Waals surface area (Å²) in [6.45, 7) is 3.64. The van der Waals surface area contributed by atoms with E-state index in [0.29, 0.717) is 24.8 Å². The number of hydrogen-bond acceptors (Lipinski definition) is 4. The molecule has 3 heterocycles. The highest BCUT2D eigenvalue weighted by molar-refractivity contribution is 7.10. The van der Waals surface area contributed by atoms with Crippen molar-refractivity contribution >= 4 is 23.2 Å². The van der Waals surface area contributed by atoms with E-state index >= 15 is 0 Å². The van der Waals surface area contributed by atoms with E-state index in [1.54, 1.807) is 11.3 Å². The second-order valence-electron chi connectivity index (χ2n) is 7.94. The monoisotopic (exact) mass is 411 g/mol. The molecule has 0 saturated carbocycles. The van der Waals surface area contributed by atoms with E-state index in [4.69, 9.17) is 0 Å². The van der Waals surface area contributed by atoms with E-state index in [9.17, 15) is 9.59 Å². The van der Waals surface area contributed by atoms with E-state index in [0.717, 1.165) is 55.9 Å². The topological polar surface area (TPSA) is 52.7 Å². The number of amides is 2. The molecule has 2 saturated heterocycles. The lowest BCUT2D eigenvalue weighted by Crippen LogP contribution is -2.46. The summed E-state index contributed by atoms with van der Waals surface area (Å²) in [6.07, 6.45) is 4.27. The van der Waals surface area contributed by atoms with Gasteiger partial charge in [-0.15, -0.1) is 11.3 Å². The van der Waals surface area contributed by atoms with E-state index in [2.05, 4.69) is 33.3 Å². The highest BCUT2D eigenvalue weighted by Gasteiger charge is 2.30. The van der Waals surface area contributed by atoms with Crippen molar-refractivity contribution < 1.29 is 9.59 Å². The average Bonchev–Trinajstić information content (AvgIpc) is 3.43. The smallest absolute Gasteiger partial charge is 0.222 e. The number of hydrogen-bond donors (Lipinski definition) is 1. The van der Waals surface area contributed by atoms with E-state index in [1.807, 2.05) is 29.6 Å². The van der Waals surface area contributed by atoms with Gasteiger partial charge >= 0.3 is 0 Å². The summed E-state index contributed by atoms with van der Waals surface area (Å²) in [5.41, 5.74) is 1.11. The van der Waals surface area contributed by atoms with Crippen molar-refractivity contribution in [3.05, 3.63) is 58.3 Å². The van der Waals surface area contributed by atoms with Crippen molar-refractivity contribution in [1.29, 1.82) is 0 Å². The molecule has 0 aliphatic carbocycles. The average molecular weight is 412 g/mol. The Labute approximate surface area is 176 Å². The molecule has 1 atom stereocenters. The van der Waals surface area contributed by atoms with Crippen LogP contribution in [0.5, 0.6) is 0 Å². The number of nitrogens with one attached hydrogen (secondary N) is 1. The molecule has 29 heavy (non-hydrogen) atoms. The fourth-order valence-corrected chi connectivity index (χ4v) is 5.22. The minimum atomic E-state index is -0.0874. The Hall–Kier alpha value is -2.18. The van der Waals surface area contributed by atoms with Crippen LogP contribution in [0.2, 0.25) is 0 Å².